The van der Waals surface area contributed by atoms with Crippen LogP contribution in [0.4, 0.5) is 0 Å². The zero-order valence-corrected chi connectivity index (χ0v) is 20.0. The number of carboxylic acid groups (broad SMARTS) is 1. The predicted octanol–water partition coefficient (Wildman–Crippen LogP) is 0.0531. The van der Waals surface area contributed by atoms with E-state index in [0.29, 0.717) is 6.61 Å². The van der Waals surface area contributed by atoms with Crippen LogP contribution >= 0.6 is 0 Å². The fourth-order valence-electron chi connectivity index (χ4n) is 2.19. The third-order valence-corrected chi connectivity index (χ3v) is 3.56. The first-order valence-electron chi connectivity index (χ1n) is 9.08. The Hall–Kier alpha value is -2.22. The molecule has 2 N–H and O–H groups in total. The van der Waals surface area contributed by atoms with E-state index >= 15 is 0 Å². The van der Waals surface area contributed by atoms with Crippen molar-refractivity contribution >= 4 is 23.8 Å². The molecule has 154 valence electrons. The summed E-state index contributed by atoms with van der Waals surface area (Å²) in [4.78, 5) is 19.5. The molecule has 6 nitrogen and oxygen atoms in total. The van der Waals surface area contributed by atoms with Gasteiger partial charge < -0.3 is 19.6 Å². The van der Waals surface area contributed by atoms with E-state index < -0.39 is 5.97 Å². The van der Waals surface area contributed by atoms with Gasteiger partial charge in [0.2, 0.25) is 0 Å². The smallest absolute Gasteiger partial charge is 0.543 e. The van der Waals surface area contributed by atoms with Crippen LogP contribution in [0, 0.1) is 13.8 Å². The van der Waals surface area contributed by atoms with Crippen LogP contribution < -0.4 is 40.6 Å². The number of nitrogens with two attached hydrogens (primary N) is 1. The summed E-state index contributed by atoms with van der Waals surface area (Å²) in [6.45, 7) is 6.07. The van der Waals surface area contributed by atoms with Crippen molar-refractivity contribution in [2.24, 2.45) is 11.1 Å². The van der Waals surface area contributed by atoms with Crippen LogP contribution in [0.15, 0.2) is 65.8 Å². The van der Waals surface area contributed by atoms with Gasteiger partial charge >= 0.3 is 29.6 Å². The number of aliphatic carboxylic acids is 1. The van der Waals surface area contributed by atoms with E-state index in [0.717, 1.165) is 5.56 Å². The van der Waals surface area contributed by atoms with E-state index in [2.05, 4.69) is 29.0 Å². The Balaban J connectivity index is 0.000000573. The first-order valence-corrected chi connectivity index (χ1v) is 9.08. The number of carbonyl (C=O) groups is 1. The first kappa shape index (κ1) is 27.8. The van der Waals surface area contributed by atoms with E-state index in [1.807, 2.05) is 61.5 Å². The van der Waals surface area contributed by atoms with Gasteiger partial charge in [-0.25, -0.2) is 5.90 Å². The normalized spacial score (nSPS) is 11.0. The Labute approximate surface area is 200 Å². The Kier molecular flexibility index (Phi) is 15.3. The van der Waals surface area contributed by atoms with Crippen molar-refractivity contribution < 1.29 is 49.1 Å². The number of carbonyl (C=O) groups excluding carboxylic acids is 1. The van der Waals surface area contributed by atoms with Gasteiger partial charge in [0.15, 0.2) is 0 Å². The van der Waals surface area contributed by atoms with Crippen LogP contribution in [0.3, 0.4) is 0 Å². The molecule has 0 fully saturated rings. The maximum atomic E-state index is 10.3. The van der Waals surface area contributed by atoms with Crippen molar-refractivity contribution in [1.29, 1.82) is 0 Å². The third-order valence-electron chi connectivity index (χ3n) is 3.56. The zero-order chi connectivity index (χ0) is 21.5. The number of hydrogen-bond donors (Lipinski definition) is 1. The molecule has 0 amide bonds. The molecule has 0 aromatic heterocycles. The summed E-state index contributed by atoms with van der Waals surface area (Å²) in [5.41, 5.74) is 4.50. The summed E-state index contributed by atoms with van der Waals surface area (Å²) < 4.78 is 0. The molecule has 2 aromatic rings. The monoisotopic (exact) mass is 418 g/mol. The van der Waals surface area contributed by atoms with Crippen LogP contribution in [0.5, 0.6) is 0 Å². The summed E-state index contributed by atoms with van der Waals surface area (Å²) in [5, 5.41) is 13.7. The second-order valence-electron chi connectivity index (χ2n) is 6.23. The molecular weight excluding hydrogens is 391 g/mol. The quantitative estimate of drug-likeness (QED) is 0.283. The van der Waals surface area contributed by atoms with Gasteiger partial charge in [-0.05, 0) is 38.0 Å². The Morgan fingerprint density at radius 3 is 1.93 bits per heavy atom. The minimum absolute atomic E-state index is 0. The minimum Gasteiger partial charge on any atom is -0.543 e. The third kappa shape index (κ3) is 13.1. The fraction of sp³-hybridized carbons (Fsp3) is 0.217. The molecule has 0 aliphatic rings. The first-order chi connectivity index (χ1) is 13.9. The van der Waals surface area contributed by atoms with Crippen molar-refractivity contribution in [1.82, 2.24) is 0 Å². The minimum atomic E-state index is -1.33. The maximum Gasteiger partial charge on any atom is 1.00 e. The van der Waals surface area contributed by atoms with E-state index in [9.17, 15) is 9.90 Å². The number of hydrogen-bond acceptors (Lipinski definition) is 6. The molecule has 0 bridgehead atoms. The van der Waals surface area contributed by atoms with Crippen molar-refractivity contribution in [2.45, 2.75) is 20.8 Å². The average molecular weight is 418 g/mol. The van der Waals surface area contributed by atoms with Gasteiger partial charge in [-0.3, -0.25) is 0 Å². The van der Waals surface area contributed by atoms with Gasteiger partial charge in [-0.1, -0.05) is 83.0 Å². The van der Waals surface area contributed by atoms with Crippen molar-refractivity contribution in [2.75, 3.05) is 13.2 Å². The van der Waals surface area contributed by atoms with Crippen molar-refractivity contribution in [3.8, 4) is 0 Å². The standard InChI is InChI=1S/C13H15NO3.C10H13NO.Na/c1-10-5-3-6-12(9-10)7-4-8-17-14-11(2)13(15)16;1-9-4-2-5-10(8-9)6-3-7-12-11;/h3-7,9H,8H2,1-2H3,(H,15,16);2-6,8H,7,11H2,1H3;/q;;+1/p-1. The number of aryl methyl sites for hydroxylation is 2. The van der Waals surface area contributed by atoms with E-state index in [1.54, 1.807) is 6.08 Å². The summed E-state index contributed by atoms with van der Waals surface area (Å²) in [6, 6.07) is 16.2. The number of nitrogens with zero attached hydrogens (tertiary/aromatic N) is 1. The molecule has 0 radical (unpaired) electrons. The average Bonchev–Trinajstić information content (AvgIpc) is 2.68. The second kappa shape index (κ2) is 16.6. The topological polar surface area (TPSA) is 97.0 Å². The molecule has 0 heterocycles. The van der Waals surface area contributed by atoms with Crippen LogP contribution in [0.2, 0.25) is 0 Å². The summed E-state index contributed by atoms with van der Waals surface area (Å²) in [7, 11) is 0. The molecule has 0 aliphatic heterocycles. The summed E-state index contributed by atoms with van der Waals surface area (Å²) in [6.07, 6.45) is 7.52. The molecule has 0 saturated heterocycles. The van der Waals surface area contributed by atoms with E-state index in [1.165, 1.54) is 23.6 Å². The molecule has 0 spiro atoms. The largest absolute Gasteiger partial charge is 1.00 e. The molecule has 0 unspecified atom stereocenters. The van der Waals surface area contributed by atoms with E-state index in [4.69, 9.17) is 10.7 Å². The van der Waals surface area contributed by atoms with Crippen LogP contribution in [-0.4, -0.2) is 24.9 Å². The summed E-state index contributed by atoms with van der Waals surface area (Å²) in [5.74, 6) is 3.55. The molecule has 0 aliphatic carbocycles. The zero-order valence-electron chi connectivity index (χ0n) is 18.0. The SMILES string of the molecule is CC(=NOCC=Cc1cccc(C)c1)C(=O)[O-].Cc1cccc(C=CCON)c1.[Na+]. The second-order valence-corrected chi connectivity index (χ2v) is 6.23. The van der Waals surface area contributed by atoms with Gasteiger partial charge in [0.05, 0.1) is 18.3 Å². The Bertz CT molecular complexity index is 864. The molecule has 7 heteroatoms. The number of oxime groups is 1. The van der Waals surface area contributed by atoms with Gasteiger partial charge in [0.1, 0.15) is 6.61 Å². The summed E-state index contributed by atoms with van der Waals surface area (Å²) >= 11 is 0. The van der Waals surface area contributed by atoms with Gasteiger partial charge in [0.25, 0.3) is 0 Å². The number of benzene rings is 2. The van der Waals surface area contributed by atoms with Gasteiger partial charge in [-0.15, -0.1) is 0 Å². The molecule has 0 saturated carbocycles. The molecule has 2 aromatic carbocycles. The Morgan fingerprint density at radius 2 is 1.50 bits per heavy atom. The molecular formula is C23H27N2NaO4. The van der Waals surface area contributed by atoms with Crippen molar-refractivity contribution in [3.05, 3.63) is 82.9 Å². The van der Waals surface area contributed by atoms with Gasteiger partial charge in [-0.2, -0.15) is 0 Å². The molecule has 0 atom stereocenters. The predicted molar refractivity (Wildman–Crippen MR) is 115 cm³/mol. The Morgan fingerprint density at radius 1 is 1.00 bits per heavy atom. The maximum absolute atomic E-state index is 10.3. The molecule has 2 rings (SSSR count). The number of rotatable bonds is 8. The van der Waals surface area contributed by atoms with Gasteiger partial charge in [0, 0.05) is 0 Å². The van der Waals surface area contributed by atoms with Crippen molar-refractivity contribution in [3.63, 3.8) is 0 Å². The molecule has 30 heavy (non-hydrogen) atoms. The van der Waals surface area contributed by atoms with Crippen LogP contribution in [0.25, 0.3) is 12.2 Å². The number of carboxylic acids is 1. The van der Waals surface area contributed by atoms with Crippen LogP contribution in [-0.2, 0) is 14.5 Å². The van der Waals surface area contributed by atoms with Crippen LogP contribution in [0.1, 0.15) is 29.2 Å². The van der Waals surface area contributed by atoms with E-state index in [-0.39, 0.29) is 41.9 Å². The fourth-order valence-corrected chi connectivity index (χ4v) is 2.19.